The standard InChI is InChI=1S/C61H63NO14/c1-41(63)32-33-51(64)69-40-50-53(70-35-43-22-10-4-11-23-43)55(72-37-45-26-14-6-15-27-45)52(62-58(65)47-30-18-19-31-48(47)59(62)66)60(74-50)76-56-54(71-36-44-24-12-5-13-25-44)49(39-68-34-42-20-8-3-9-21-42)75-61(67-2)57(56)73-38-46-28-16-7-17-29-46/h3-31,49-50,52-57,60-61H,32-40H2,1-2H3/t49-,50-,52-,53-,54+,55-,56+,57-,60+,61+/m1/s1. The van der Waals surface area contributed by atoms with Crippen molar-refractivity contribution in [1.29, 1.82) is 0 Å². The molecule has 15 heteroatoms. The summed E-state index contributed by atoms with van der Waals surface area (Å²) in [5, 5.41) is 0. The number of esters is 1. The number of carbonyl (C=O) groups excluding carboxylic acids is 4. The topological polar surface area (TPSA) is 164 Å². The van der Waals surface area contributed by atoms with Gasteiger partial charge in [0.25, 0.3) is 11.8 Å². The van der Waals surface area contributed by atoms with Crippen molar-refractivity contribution in [2.75, 3.05) is 20.3 Å². The molecule has 76 heavy (non-hydrogen) atoms. The lowest BCUT2D eigenvalue weighted by Crippen LogP contribution is -2.69. The van der Waals surface area contributed by atoms with E-state index in [1.54, 1.807) is 24.3 Å². The maximum absolute atomic E-state index is 15.0. The van der Waals surface area contributed by atoms with E-state index in [0.29, 0.717) is 0 Å². The quantitative estimate of drug-likeness (QED) is 0.0396. The van der Waals surface area contributed by atoms with Gasteiger partial charge in [0.2, 0.25) is 0 Å². The van der Waals surface area contributed by atoms with Gasteiger partial charge in [0.05, 0.1) is 57.2 Å². The lowest BCUT2D eigenvalue weighted by molar-refractivity contribution is -0.364. The van der Waals surface area contributed by atoms with E-state index in [9.17, 15) is 9.59 Å². The van der Waals surface area contributed by atoms with Gasteiger partial charge in [0.15, 0.2) is 12.6 Å². The first-order valence-corrected chi connectivity index (χ1v) is 25.6. The monoisotopic (exact) mass is 1030 g/mol. The molecule has 9 rings (SSSR count). The zero-order valence-corrected chi connectivity index (χ0v) is 42.5. The van der Waals surface area contributed by atoms with Gasteiger partial charge >= 0.3 is 5.97 Å². The molecule has 0 aromatic heterocycles. The smallest absolute Gasteiger partial charge is 0.306 e. The molecule has 0 radical (unpaired) electrons. The number of ketones is 1. The Kier molecular flexibility index (Phi) is 19.1. The summed E-state index contributed by atoms with van der Waals surface area (Å²) < 4.78 is 67.3. The first-order valence-electron chi connectivity index (χ1n) is 25.6. The molecule has 3 heterocycles. The molecule has 6 aromatic rings. The predicted octanol–water partition coefficient (Wildman–Crippen LogP) is 8.60. The number of fused-ring (bicyclic) bond motifs is 1. The largest absolute Gasteiger partial charge is 0.463 e. The van der Waals surface area contributed by atoms with Crippen molar-refractivity contribution in [3.63, 3.8) is 0 Å². The third-order valence-corrected chi connectivity index (χ3v) is 13.5. The molecule has 396 valence electrons. The van der Waals surface area contributed by atoms with Crippen LogP contribution in [0.25, 0.3) is 0 Å². The van der Waals surface area contributed by atoms with Gasteiger partial charge in [-0.2, -0.15) is 0 Å². The SMILES string of the molecule is CO[C@H]1O[C@H](COCc2ccccc2)[C@H](OCc2ccccc2)[C@H](O[C@@H]2O[C@H](COC(=O)CCC(C)=O)[C@@H](OCc3ccccc3)[C@H](OCc3ccccc3)[C@H]2N2C(=O)c3ccccc3C2=O)[C@H]1OCc1ccccc1. The summed E-state index contributed by atoms with van der Waals surface area (Å²) in [5.74, 6) is -2.02. The van der Waals surface area contributed by atoms with E-state index < -0.39 is 79.1 Å². The first-order chi connectivity index (χ1) is 37.2. The van der Waals surface area contributed by atoms with E-state index in [1.807, 2.05) is 152 Å². The highest BCUT2D eigenvalue weighted by Gasteiger charge is 2.58. The van der Waals surface area contributed by atoms with Gasteiger partial charge in [0.1, 0.15) is 61.2 Å². The Balaban J connectivity index is 1.16. The number of Topliss-reactive ketones (excluding diaryl/α,β-unsaturated/α-hetero) is 1. The van der Waals surface area contributed by atoms with Crippen molar-refractivity contribution < 1.29 is 66.5 Å². The van der Waals surface area contributed by atoms with Gasteiger partial charge in [-0.25, -0.2) is 0 Å². The molecule has 15 nitrogen and oxygen atoms in total. The van der Waals surface area contributed by atoms with Crippen LogP contribution in [0.1, 0.15) is 68.3 Å². The number of imide groups is 1. The Morgan fingerprint density at radius 2 is 0.855 bits per heavy atom. The zero-order chi connectivity index (χ0) is 52.6. The average molecular weight is 1030 g/mol. The van der Waals surface area contributed by atoms with Crippen LogP contribution in [0.3, 0.4) is 0 Å². The number of ether oxygens (including phenoxy) is 10. The van der Waals surface area contributed by atoms with Crippen LogP contribution in [-0.2, 0) is 90.0 Å². The van der Waals surface area contributed by atoms with Crippen molar-refractivity contribution in [3.05, 3.63) is 215 Å². The lowest BCUT2D eigenvalue weighted by Gasteiger charge is -2.51. The normalized spacial score (nSPS) is 24.3. The van der Waals surface area contributed by atoms with Gasteiger partial charge in [0, 0.05) is 13.5 Å². The van der Waals surface area contributed by atoms with E-state index in [4.69, 9.17) is 47.4 Å². The lowest BCUT2D eigenvalue weighted by atomic mass is 9.93. The van der Waals surface area contributed by atoms with Gasteiger partial charge in [-0.05, 0) is 46.9 Å². The van der Waals surface area contributed by atoms with Gasteiger partial charge in [-0.15, -0.1) is 0 Å². The maximum atomic E-state index is 15.0. The van der Waals surface area contributed by atoms with Crippen LogP contribution in [0.15, 0.2) is 176 Å². The summed E-state index contributed by atoms with van der Waals surface area (Å²) in [5.41, 5.74) is 4.62. The molecule has 2 fully saturated rings. The predicted molar refractivity (Wildman–Crippen MR) is 277 cm³/mol. The maximum Gasteiger partial charge on any atom is 0.306 e. The van der Waals surface area contributed by atoms with E-state index in [0.717, 1.165) is 32.7 Å². The molecule has 10 atom stereocenters. The number of nitrogens with zero attached hydrogens (tertiary/aromatic N) is 1. The Morgan fingerprint density at radius 1 is 0.461 bits per heavy atom. The van der Waals surface area contributed by atoms with E-state index in [-0.39, 0.29) is 76.0 Å². The molecule has 6 aromatic carbocycles. The number of amides is 2. The summed E-state index contributed by atoms with van der Waals surface area (Å²) in [6.07, 6.45) is -10.4. The number of rotatable bonds is 25. The van der Waals surface area contributed by atoms with Gasteiger partial charge in [-0.1, -0.05) is 164 Å². The number of carbonyl (C=O) groups is 4. The van der Waals surface area contributed by atoms with Crippen LogP contribution in [0.2, 0.25) is 0 Å². The van der Waals surface area contributed by atoms with Crippen molar-refractivity contribution in [1.82, 2.24) is 4.90 Å². The second-order valence-electron chi connectivity index (χ2n) is 18.9. The summed E-state index contributed by atoms with van der Waals surface area (Å²) >= 11 is 0. The Hall–Kier alpha value is -6.76. The Bertz CT molecular complexity index is 2750. The highest BCUT2D eigenvalue weighted by Crippen LogP contribution is 2.39. The number of benzene rings is 6. The summed E-state index contributed by atoms with van der Waals surface area (Å²) in [7, 11) is 1.50. The molecule has 3 aliphatic rings. The number of hydrogen-bond donors (Lipinski definition) is 0. The molecule has 0 bridgehead atoms. The second-order valence-corrected chi connectivity index (χ2v) is 18.9. The van der Waals surface area contributed by atoms with Crippen LogP contribution in [0, 0.1) is 0 Å². The molecule has 2 amide bonds. The van der Waals surface area contributed by atoms with Gasteiger partial charge < -0.3 is 52.2 Å². The second kappa shape index (κ2) is 26.8. The van der Waals surface area contributed by atoms with Crippen LogP contribution < -0.4 is 0 Å². The minimum atomic E-state index is -1.56. The number of hydrogen-bond acceptors (Lipinski definition) is 14. The fourth-order valence-corrected chi connectivity index (χ4v) is 9.63. The number of methoxy groups -OCH3 is 1. The van der Waals surface area contributed by atoms with Crippen molar-refractivity contribution in [3.8, 4) is 0 Å². The van der Waals surface area contributed by atoms with Gasteiger partial charge in [-0.3, -0.25) is 19.3 Å². The van der Waals surface area contributed by atoms with E-state index >= 15 is 9.59 Å². The van der Waals surface area contributed by atoms with Crippen LogP contribution in [-0.4, -0.2) is 110 Å². The minimum Gasteiger partial charge on any atom is -0.463 e. The molecular weight excluding hydrogens is 971 g/mol. The fraction of sp³-hybridized carbons (Fsp3) is 0.344. The molecule has 2 saturated heterocycles. The summed E-state index contributed by atoms with van der Waals surface area (Å²) in [4.78, 5) is 56.5. The minimum absolute atomic E-state index is 0.00365. The van der Waals surface area contributed by atoms with Crippen molar-refractivity contribution >= 4 is 23.6 Å². The zero-order valence-electron chi connectivity index (χ0n) is 42.5. The first kappa shape index (κ1) is 54.0. The highest BCUT2D eigenvalue weighted by atomic mass is 16.8. The fourth-order valence-electron chi connectivity index (χ4n) is 9.63. The summed E-state index contributed by atoms with van der Waals surface area (Å²) in [6, 6.07) is 53.1. The van der Waals surface area contributed by atoms with Crippen LogP contribution >= 0.6 is 0 Å². The van der Waals surface area contributed by atoms with Crippen molar-refractivity contribution in [2.24, 2.45) is 0 Å². The summed E-state index contributed by atoms with van der Waals surface area (Å²) in [6.45, 7) is 1.54. The highest BCUT2D eigenvalue weighted by molar-refractivity contribution is 6.21. The molecule has 0 N–H and O–H groups in total. The third-order valence-electron chi connectivity index (χ3n) is 13.5. The molecule has 0 unspecified atom stereocenters. The molecule has 0 saturated carbocycles. The Morgan fingerprint density at radius 3 is 1.32 bits per heavy atom. The van der Waals surface area contributed by atoms with Crippen LogP contribution in [0.4, 0.5) is 0 Å². The average Bonchev–Trinajstić information content (AvgIpc) is 3.77. The van der Waals surface area contributed by atoms with E-state index in [1.165, 1.54) is 14.0 Å². The molecule has 0 aliphatic carbocycles. The molecule has 3 aliphatic heterocycles. The van der Waals surface area contributed by atoms with E-state index in [2.05, 4.69) is 0 Å². The molecule has 0 spiro atoms. The van der Waals surface area contributed by atoms with Crippen molar-refractivity contribution in [2.45, 2.75) is 114 Å². The third kappa shape index (κ3) is 13.8. The van der Waals surface area contributed by atoms with Crippen LogP contribution in [0.5, 0.6) is 0 Å². The Labute approximate surface area is 442 Å². The molecular formula is C61H63NO14.